The van der Waals surface area contributed by atoms with Crippen LogP contribution >= 0.6 is 0 Å². The molecular weight excluding hydrogens is 370 g/mol. The van der Waals surface area contributed by atoms with Gasteiger partial charge in [0.15, 0.2) is 11.5 Å². The van der Waals surface area contributed by atoms with Crippen LogP contribution in [-0.2, 0) is 20.8 Å². The zero-order chi connectivity index (χ0) is 19.6. The summed E-state index contributed by atoms with van der Waals surface area (Å²) in [5.74, 6) is 2.38. The second-order valence-electron chi connectivity index (χ2n) is 9.92. The summed E-state index contributed by atoms with van der Waals surface area (Å²) in [5.41, 5.74) is 1.49. The van der Waals surface area contributed by atoms with Crippen LogP contribution in [0.25, 0.3) is 0 Å². The Bertz CT molecular complexity index is 837. The monoisotopic (exact) mass is 399 g/mol. The Hall–Kier alpha value is -1.79. The van der Waals surface area contributed by atoms with Gasteiger partial charge in [0.2, 0.25) is 6.79 Å². The van der Waals surface area contributed by atoms with Gasteiger partial charge in [-0.05, 0) is 61.1 Å². The predicted molar refractivity (Wildman–Crippen MR) is 104 cm³/mol. The minimum atomic E-state index is -0.0590. The highest BCUT2D eigenvalue weighted by molar-refractivity contribution is 5.75. The van der Waals surface area contributed by atoms with Crippen molar-refractivity contribution in [1.82, 2.24) is 5.32 Å². The molecule has 1 spiro atoms. The van der Waals surface area contributed by atoms with Gasteiger partial charge in [0.25, 0.3) is 0 Å². The first kappa shape index (κ1) is 18.0. The zero-order valence-electron chi connectivity index (χ0n) is 16.9. The molecule has 3 aliphatic heterocycles. The molecule has 2 aliphatic carbocycles. The van der Waals surface area contributed by atoms with E-state index in [9.17, 15) is 4.79 Å². The van der Waals surface area contributed by atoms with Gasteiger partial charge in [0.1, 0.15) is 6.10 Å². The molecule has 1 aromatic carbocycles. The lowest BCUT2D eigenvalue weighted by atomic mass is 9.53. The van der Waals surface area contributed by atoms with Gasteiger partial charge in [-0.3, -0.25) is 4.79 Å². The van der Waals surface area contributed by atoms with E-state index in [1.54, 1.807) is 0 Å². The highest BCUT2D eigenvalue weighted by Crippen LogP contribution is 2.62. The summed E-state index contributed by atoms with van der Waals surface area (Å²) in [4.78, 5) is 12.7. The molecule has 6 heteroatoms. The topological polar surface area (TPSA) is 69.3 Å². The number of hydrogen-bond donors (Lipinski definition) is 1. The highest BCUT2D eigenvalue weighted by atomic mass is 16.7. The zero-order valence-corrected chi connectivity index (χ0v) is 16.9. The molecule has 1 N–H and O–H groups in total. The maximum Gasteiger partial charge on any atom is 0.310 e. The molecule has 6 rings (SSSR count). The number of fused-ring (bicyclic) bond motifs is 4. The SMILES string of the molecule is CC12CCCC3(CO3)C1CC1C(C2)OC(=O)C1CNCc1ccc2c(c1)OCO2. The molecule has 3 heterocycles. The standard InChI is InChI=1S/C23H29NO5/c1-22-5-2-6-23(12-28-23)20(22)8-15-16(21(25)29-19(15)9-22)11-24-10-14-3-4-17-18(7-14)27-13-26-17/h3-4,7,15-16,19-20,24H,2,5-6,8-13H2,1H3. The third-order valence-electron chi connectivity index (χ3n) is 8.21. The first-order valence-corrected chi connectivity index (χ1v) is 11.0. The minimum Gasteiger partial charge on any atom is -0.462 e. The van der Waals surface area contributed by atoms with Crippen LogP contribution in [0.5, 0.6) is 11.5 Å². The molecule has 0 amide bonds. The Kier molecular flexibility index (Phi) is 3.95. The summed E-state index contributed by atoms with van der Waals surface area (Å²) < 4.78 is 22.7. The van der Waals surface area contributed by atoms with Gasteiger partial charge in [-0.1, -0.05) is 13.0 Å². The summed E-state index contributed by atoms with van der Waals surface area (Å²) >= 11 is 0. The number of carbonyl (C=O) groups is 1. The largest absolute Gasteiger partial charge is 0.462 e. The van der Waals surface area contributed by atoms with E-state index < -0.39 is 0 Å². The van der Waals surface area contributed by atoms with Crippen LogP contribution in [-0.4, -0.2) is 37.6 Å². The number of esters is 1. The van der Waals surface area contributed by atoms with Gasteiger partial charge in [0, 0.05) is 19.0 Å². The van der Waals surface area contributed by atoms with E-state index in [2.05, 4.69) is 12.2 Å². The number of nitrogens with one attached hydrogen (secondary N) is 1. The van der Waals surface area contributed by atoms with Crippen LogP contribution in [0.15, 0.2) is 18.2 Å². The average molecular weight is 399 g/mol. The van der Waals surface area contributed by atoms with E-state index in [1.807, 2.05) is 18.2 Å². The van der Waals surface area contributed by atoms with Gasteiger partial charge in [0.05, 0.1) is 18.1 Å². The van der Waals surface area contributed by atoms with Crippen LogP contribution < -0.4 is 14.8 Å². The smallest absolute Gasteiger partial charge is 0.310 e. The molecule has 156 valence electrons. The number of rotatable bonds is 4. The summed E-state index contributed by atoms with van der Waals surface area (Å²) in [6.45, 7) is 4.95. The summed E-state index contributed by atoms with van der Waals surface area (Å²) in [7, 11) is 0. The quantitative estimate of drug-likeness (QED) is 0.620. The Balaban J connectivity index is 1.13. The molecule has 29 heavy (non-hydrogen) atoms. The third kappa shape index (κ3) is 2.87. The molecule has 4 fully saturated rings. The fourth-order valence-electron chi connectivity index (χ4n) is 6.61. The Morgan fingerprint density at radius 3 is 2.93 bits per heavy atom. The first-order chi connectivity index (χ1) is 14.1. The van der Waals surface area contributed by atoms with Crippen LogP contribution in [0.1, 0.15) is 44.6 Å². The van der Waals surface area contributed by atoms with Crippen LogP contribution in [0.3, 0.4) is 0 Å². The van der Waals surface area contributed by atoms with E-state index in [4.69, 9.17) is 18.9 Å². The second-order valence-corrected chi connectivity index (χ2v) is 9.92. The predicted octanol–water partition coefficient (Wildman–Crippen LogP) is 3.03. The molecule has 2 saturated heterocycles. The van der Waals surface area contributed by atoms with Crippen molar-refractivity contribution in [3.8, 4) is 11.5 Å². The van der Waals surface area contributed by atoms with E-state index in [-0.39, 0.29) is 35.8 Å². The molecule has 6 atom stereocenters. The molecule has 1 aromatic rings. The van der Waals surface area contributed by atoms with Gasteiger partial charge in [-0.25, -0.2) is 0 Å². The number of hydrogen-bond acceptors (Lipinski definition) is 6. The third-order valence-corrected chi connectivity index (χ3v) is 8.21. The maximum atomic E-state index is 12.7. The molecule has 6 unspecified atom stereocenters. The van der Waals surface area contributed by atoms with Crippen molar-refractivity contribution in [2.75, 3.05) is 19.9 Å². The summed E-state index contributed by atoms with van der Waals surface area (Å²) in [6, 6.07) is 5.99. The molecule has 6 nitrogen and oxygen atoms in total. The van der Waals surface area contributed by atoms with Crippen LogP contribution in [0, 0.1) is 23.2 Å². The Labute approximate surface area is 171 Å². The van der Waals surface area contributed by atoms with Gasteiger partial charge >= 0.3 is 5.97 Å². The number of carbonyl (C=O) groups excluding carboxylic acids is 1. The Morgan fingerprint density at radius 1 is 1.21 bits per heavy atom. The minimum absolute atomic E-state index is 0.0220. The lowest BCUT2D eigenvalue weighted by Gasteiger charge is -2.51. The number of benzene rings is 1. The lowest BCUT2D eigenvalue weighted by molar-refractivity contribution is -0.147. The van der Waals surface area contributed by atoms with E-state index >= 15 is 0 Å². The molecule has 0 bridgehead atoms. The normalized spacial score (nSPS) is 41.8. The lowest BCUT2D eigenvalue weighted by Crippen LogP contribution is -2.51. The van der Waals surface area contributed by atoms with Crippen molar-refractivity contribution < 1.29 is 23.7 Å². The summed E-state index contributed by atoms with van der Waals surface area (Å²) in [5, 5.41) is 3.49. The van der Waals surface area contributed by atoms with Gasteiger partial charge in [-0.15, -0.1) is 0 Å². The maximum absolute atomic E-state index is 12.7. The summed E-state index contributed by atoms with van der Waals surface area (Å²) in [6.07, 6.45) is 5.79. The van der Waals surface area contributed by atoms with Crippen molar-refractivity contribution in [3.63, 3.8) is 0 Å². The fourth-order valence-corrected chi connectivity index (χ4v) is 6.61. The van der Waals surface area contributed by atoms with E-state index in [0.717, 1.165) is 36.5 Å². The van der Waals surface area contributed by atoms with Crippen molar-refractivity contribution in [3.05, 3.63) is 23.8 Å². The average Bonchev–Trinajstić information content (AvgIpc) is 3.18. The van der Waals surface area contributed by atoms with Crippen molar-refractivity contribution >= 4 is 5.97 Å². The second kappa shape index (κ2) is 6.35. The molecule has 0 aromatic heterocycles. The molecule has 2 saturated carbocycles. The molecular formula is C23H29NO5. The molecule has 5 aliphatic rings. The van der Waals surface area contributed by atoms with Crippen molar-refractivity contribution in [2.24, 2.45) is 23.2 Å². The number of epoxide rings is 1. The Morgan fingerprint density at radius 2 is 2.07 bits per heavy atom. The molecule has 0 radical (unpaired) electrons. The van der Waals surface area contributed by atoms with Gasteiger partial charge < -0.3 is 24.3 Å². The highest BCUT2D eigenvalue weighted by Gasteiger charge is 2.64. The fraction of sp³-hybridized carbons (Fsp3) is 0.696. The van der Waals surface area contributed by atoms with Crippen molar-refractivity contribution in [2.45, 2.75) is 57.3 Å². The first-order valence-electron chi connectivity index (χ1n) is 11.0. The van der Waals surface area contributed by atoms with Crippen LogP contribution in [0.4, 0.5) is 0 Å². The van der Waals surface area contributed by atoms with Gasteiger partial charge in [-0.2, -0.15) is 0 Å². The van der Waals surface area contributed by atoms with Crippen LogP contribution in [0.2, 0.25) is 0 Å². The van der Waals surface area contributed by atoms with E-state index in [0.29, 0.717) is 24.9 Å². The number of ether oxygens (including phenoxy) is 4. The van der Waals surface area contributed by atoms with E-state index in [1.165, 1.54) is 19.3 Å². The van der Waals surface area contributed by atoms with Crippen molar-refractivity contribution in [1.29, 1.82) is 0 Å².